The Morgan fingerprint density at radius 1 is 1.29 bits per heavy atom. The number of benzene rings is 1. The predicted molar refractivity (Wildman–Crippen MR) is 80.6 cm³/mol. The molecule has 1 aliphatic carbocycles. The third-order valence-corrected chi connectivity index (χ3v) is 3.86. The molecule has 1 fully saturated rings. The summed E-state index contributed by atoms with van der Waals surface area (Å²) in [7, 11) is 1.67. The zero-order chi connectivity index (χ0) is 15.3. The van der Waals surface area contributed by atoms with Crippen molar-refractivity contribution in [2.75, 3.05) is 20.3 Å². The molecular weight excluding hydrogens is 268 g/mol. The van der Waals surface area contributed by atoms with E-state index >= 15 is 0 Å². The fraction of sp³-hybridized carbons (Fsp3) is 0.471. The van der Waals surface area contributed by atoms with Crippen LogP contribution >= 0.6 is 0 Å². The maximum Gasteiger partial charge on any atom is 0.310 e. The molecule has 1 aromatic carbocycles. The number of hydrogen-bond donors (Lipinski definition) is 1. The molecule has 4 nitrogen and oxygen atoms in total. The number of ether oxygens (including phenoxy) is 2. The lowest BCUT2D eigenvalue weighted by molar-refractivity contribution is -0.151. The van der Waals surface area contributed by atoms with Gasteiger partial charge in [0, 0.05) is 20.1 Å². The first-order chi connectivity index (χ1) is 10.1. The molecule has 1 aromatic rings. The molecule has 0 amide bonds. The average molecular weight is 290 g/mol. The first kappa shape index (κ1) is 15.6. The zero-order valence-corrected chi connectivity index (χ0v) is 12.4. The second-order valence-corrected chi connectivity index (χ2v) is 5.70. The topological polar surface area (TPSA) is 55.8 Å². The summed E-state index contributed by atoms with van der Waals surface area (Å²) < 4.78 is 10.5. The van der Waals surface area contributed by atoms with Gasteiger partial charge in [-0.25, -0.2) is 0 Å². The lowest BCUT2D eigenvalue weighted by Gasteiger charge is -2.39. The minimum absolute atomic E-state index is 0.547. The van der Waals surface area contributed by atoms with Crippen molar-refractivity contribution in [1.29, 1.82) is 0 Å². The maximum absolute atomic E-state index is 11.4. The molecule has 1 N–H and O–H groups in total. The van der Waals surface area contributed by atoms with Crippen molar-refractivity contribution in [3.63, 3.8) is 0 Å². The summed E-state index contributed by atoms with van der Waals surface area (Å²) in [5.41, 5.74) is 1.39. The highest BCUT2D eigenvalue weighted by molar-refractivity contribution is 5.78. The molecule has 1 aliphatic rings. The van der Waals surface area contributed by atoms with Crippen LogP contribution in [0.2, 0.25) is 0 Å². The zero-order valence-electron chi connectivity index (χ0n) is 12.4. The average Bonchev–Trinajstić information content (AvgIpc) is 2.43. The molecule has 2 rings (SSSR count). The molecule has 0 atom stereocenters. The van der Waals surface area contributed by atoms with Gasteiger partial charge in [-0.2, -0.15) is 0 Å². The SMILES string of the molecule is C=C1CC(Cc2ccc(OCCCOC)cc2)(C(=O)O)C1. The fourth-order valence-electron chi connectivity index (χ4n) is 2.74. The van der Waals surface area contributed by atoms with Gasteiger partial charge < -0.3 is 14.6 Å². The Kier molecular flexibility index (Phi) is 5.02. The quantitative estimate of drug-likeness (QED) is 0.590. The highest BCUT2D eigenvalue weighted by Crippen LogP contribution is 2.47. The van der Waals surface area contributed by atoms with Crippen LogP contribution in [-0.4, -0.2) is 31.4 Å². The monoisotopic (exact) mass is 290 g/mol. The Morgan fingerprint density at radius 3 is 2.48 bits per heavy atom. The summed E-state index contributed by atoms with van der Waals surface area (Å²) in [5, 5.41) is 9.41. The third kappa shape index (κ3) is 3.85. The number of hydrogen-bond acceptors (Lipinski definition) is 3. The molecule has 0 spiro atoms. The van der Waals surface area contributed by atoms with Crippen LogP contribution in [0.5, 0.6) is 5.75 Å². The highest BCUT2D eigenvalue weighted by Gasteiger charge is 2.46. The predicted octanol–water partition coefficient (Wildman–Crippen LogP) is 3.07. The Morgan fingerprint density at radius 2 is 1.95 bits per heavy atom. The van der Waals surface area contributed by atoms with Crippen molar-refractivity contribution in [2.24, 2.45) is 5.41 Å². The smallest absolute Gasteiger partial charge is 0.310 e. The molecule has 0 unspecified atom stereocenters. The molecule has 0 bridgehead atoms. The molecule has 0 radical (unpaired) electrons. The van der Waals surface area contributed by atoms with Crippen molar-refractivity contribution < 1.29 is 19.4 Å². The molecule has 0 saturated heterocycles. The number of carboxylic acid groups (broad SMARTS) is 1. The van der Waals surface area contributed by atoms with Gasteiger partial charge >= 0.3 is 5.97 Å². The van der Waals surface area contributed by atoms with Gasteiger partial charge in [-0.05, 0) is 37.0 Å². The minimum atomic E-state index is -0.727. The van der Waals surface area contributed by atoms with Gasteiger partial charge in [-0.3, -0.25) is 4.79 Å². The Balaban J connectivity index is 1.90. The second kappa shape index (κ2) is 6.76. The Bertz CT molecular complexity index is 496. The van der Waals surface area contributed by atoms with Crippen molar-refractivity contribution in [2.45, 2.75) is 25.7 Å². The summed E-state index contributed by atoms with van der Waals surface area (Å²) in [6.45, 7) is 5.15. The molecule has 0 heterocycles. The van der Waals surface area contributed by atoms with Crippen LogP contribution in [0.4, 0.5) is 0 Å². The lowest BCUT2D eigenvalue weighted by atomic mass is 9.63. The van der Waals surface area contributed by atoms with E-state index in [1.807, 2.05) is 24.3 Å². The van der Waals surface area contributed by atoms with E-state index < -0.39 is 11.4 Å². The largest absolute Gasteiger partial charge is 0.494 e. The van der Waals surface area contributed by atoms with Crippen LogP contribution in [-0.2, 0) is 16.0 Å². The van der Waals surface area contributed by atoms with Gasteiger partial charge in [0.15, 0.2) is 0 Å². The molecule has 1 saturated carbocycles. The van der Waals surface area contributed by atoms with Crippen LogP contribution in [0.1, 0.15) is 24.8 Å². The fourth-order valence-corrected chi connectivity index (χ4v) is 2.74. The van der Waals surface area contributed by atoms with Crippen molar-refractivity contribution in [3.05, 3.63) is 42.0 Å². The van der Waals surface area contributed by atoms with Gasteiger partial charge in [0.25, 0.3) is 0 Å². The van der Waals surface area contributed by atoms with Gasteiger partial charge in [0.1, 0.15) is 5.75 Å². The van der Waals surface area contributed by atoms with Gasteiger partial charge in [-0.15, -0.1) is 0 Å². The van der Waals surface area contributed by atoms with Gasteiger partial charge in [0.05, 0.1) is 12.0 Å². The number of aliphatic carboxylic acids is 1. The van der Waals surface area contributed by atoms with E-state index in [1.165, 1.54) is 0 Å². The van der Waals surface area contributed by atoms with Crippen molar-refractivity contribution in [1.82, 2.24) is 0 Å². The number of carbonyl (C=O) groups is 1. The van der Waals surface area contributed by atoms with E-state index in [-0.39, 0.29) is 0 Å². The van der Waals surface area contributed by atoms with Crippen LogP contribution in [0, 0.1) is 5.41 Å². The van der Waals surface area contributed by atoms with Gasteiger partial charge in [0.2, 0.25) is 0 Å². The van der Waals surface area contributed by atoms with Crippen LogP contribution in [0.25, 0.3) is 0 Å². The lowest BCUT2D eigenvalue weighted by Crippen LogP contribution is -2.41. The molecule has 0 aromatic heterocycles. The van der Waals surface area contributed by atoms with Crippen LogP contribution < -0.4 is 4.74 Å². The molecular formula is C17H22O4. The summed E-state index contributed by atoms with van der Waals surface area (Å²) in [5.74, 6) is 0.0760. The molecule has 4 heteroatoms. The number of carboxylic acids is 1. The van der Waals surface area contributed by atoms with E-state index in [0.717, 1.165) is 23.3 Å². The summed E-state index contributed by atoms with van der Waals surface area (Å²) in [6, 6.07) is 7.67. The van der Waals surface area contributed by atoms with E-state index in [0.29, 0.717) is 32.5 Å². The first-order valence-corrected chi connectivity index (χ1v) is 7.16. The van der Waals surface area contributed by atoms with Gasteiger partial charge in [-0.1, -0.05) is 24.3 Å². The van der Waals surface area contributed by atoms with Crippen LogP contribution in [0.3, 0.4) is 0 Å². The molecule has 21 heavy (non-hydrogen) atoms. The Hall–Kier alpha value is -1.81. The number of allylic oxidation sites excluding steroid dienone is 1. The van der Waals surface area contributed by atoms with Crippen molar-refractivity contribution in [3.8, 4) is 5.75 Å². The second-order valence-electron chi connectivity index (χ2n) is 5.70. The van der Waals surface area contributed by atoms with E-state index in [9.17, 15) is 9.90 Å². The maximum atomic E-state index is 11.4. The Labute approximate surface area is 125 Å². The third-order valence-electron chi connectivity index (χ3n) is 3.86. The highest BCUT2D eigenvalue weighted by atomic mass is 16.5. The first-order valence-electron chi connectivity index (χ1n) is 7.16. The van der Waals surface area contributed by atoms with E-state index in [4.69, 9.17) is 9.47 Å². The summed E-state index contributed by atoms with van der Waals surface area (Å²) in [4.78, 5) is 11.4. The van der Waals surface area contributed by atoms with Crippen LogP contribution in [0.15, 0.2) is 36.4 Å². The number of methoxy groups -OCH3 is 1. The summed E-state index contributed by atoms with van der Waals surface area (Å²) in [6.07, 6.45) is 2.56. The van der Waals surface area contributed by atoms with E-state index in [1.54, 1.807) is 7.11 Å². The van der Waals surface area contributed by atoms with E-state index in [2.05, 4.69) is 6.58 Å². The molecule has 0 aliphatic heterocycles. The van der Waals surface area contributed by atoms with Crippen molar-refractivity contribution >= 4 is 5.97 Å². The number of rotatable bonds is 8. The summed E-state index contributed by atoms with van der Waals surface area (Å²) >= 11 is 0. The minimum Gasteiger partial charge on any atom is -0.494 e. The molecule has 114 valence electrons. The normalized spacial score (nSPS) is 16.3. The standard InChI is InChI=1S/C17H22O4/c1-13-10-17(11-13,16(18)19)12-14-4-6-15(7-5-14)21-9-3-8-20-2/h4-7H,1,3,8-12H2,2H3,(H,18,19).